The van der Waals surface area contributed by atoms with Gasteiger partial charge in [-0.15, -0.1) is 11.3 Å². The highest BCUT2D eigenvalue weighted by Gasteiger charge is 2.51. The van der Waals surface area contributed by atoms with Gasteiger partial charge in [0, 0.05) is 4.88 Å². The van der Waals surface area contributed by atoms with E-state index in [1.807, 2.05) is 0 Å². The fourth-order valence-corrected chi connectivity index (χ4v) is 3.61. The number of hydrogen-bond donors (Lipinski definition) is 1. The molecule has 2 N–H and O–H groups in total. The van der Waals surface area contributed by atoms with Crippen LogP contribution in [0.5, 0.6) is 0 Å². The molecule has 0 aliphatic heterocycles. The van der Waals surface area contributed by atoms with Crippen molar-refractivity contribution < 1.29 is 0 Å². The van der Waals surface area contributed by atoms with Gasteiger partial charge in [-0.05, 0) is 29.7 Å². The second-order valence-corrected chi connectivity index (χ2v) is 5.64. The summed E-state index contributed by atoms with van der Waals surface area (Å²) in [6.45, 7) is 4.58. The van der Waals surface area contributed by atoms with E-state index in [0.717, 1.165) is 0 Å². The number of thiophene rings is 1. The predicted octanol–water partition coefficient (Wildman–Crippen LogP) is 3.50. The Morgan fingerprint density at radius 2 is 2.00 bits per heavy atom. The first-order valence-corrected chi connectivity index (χ1v) is 6.35. The normalized spacial score (nSPS) is 23.1. The third kappa shape index (κ3) is 1.41. The van der Waals surface area contributed by atoms with Gasteiger partial charge in [-0.1, -0.05) is 32.8 Å². The summed E-state index contributed by atoms with van der Waals surface area (Å²) in [4.78, 5) is 1.37. The molecule has 14 heavy (non-hydrogen) atoms. The van der Waals surface area contributed by atoms with E-state index in [9.17, 15) is 0 Å². The van der Waals surface area contributed by atoms with E-state index in [0.29, 0.717) is 5.41 Å². The molecule has 78 valence electrons. The highest BCUT2D eigenvalue weighted by Crippen LogP contribution is 2.56. The van der Waals surface area contributed by atoms with Gasteiger partial charge in [0.1, 0.15) is 0 Å². The number of nitrogens with two attached hydrogens (primary N) is 1. The summed E-state index contributed by atoms with van der Waals surface area (Å²) in [7, 11) is 0. The average Bonchev–Trinajstić information content (AvgIpc) is 2.65. The molecule has 1 aromatic heterocycles. The van der Waals surface area contributed by atoms with Crippen LogP contribution in [-0.2, 0) is 5.54 Å². The summed E-state index contributed by atoms with van der Waals surface area (Å²) in [5.41, 5.74) is 6.95. The fourth-order valence-electron chi connectivity index (χ4n) is 2.77. The molecule has 1 heterocycles. The Balaban J connectivity index is 2.11. The maximum atomic E-state index is 6.41. The van der Waals surface area contributed by atoms with Crippen LogP contribution in [0.3, 0.4) is 0 Å². The standard InChI is InChI=1S/C12H19NS/c1-3-11(4-2)8-12(13,9-11)10-6-5-7-14-10/h5-7H,3-4,8-9,13H2,1-2H3. The highest BCUT2D eigenvalue weighted by molar-refractivity contribution is 7.10. The summed E-state index contributed by atoms with van der Waals surface area (Å²) in [6.07, 6.45) is 4.89. The van der Waals surface area contributed by atoms with Gasteiger partial charge in [0.2, 0.25) is 0 Å². The predicted molar refractivity (Wildman–Crippen MR) is 62.4 cm³/mol. The van der Waals surface area contributed by atoms with Crippen LogP contribution in [0.15, 0.2) is 17.5 Å². The van der Waals surface area contributed by atoms with Crippen LogP contribution in [0, 0.1) is 5.41 Å². The molecule has 1 saturated carbocycles. The molecule has 0 spiro atoms. The molecular formula is C12H19NS. The van der Waals surface area contributed by atoms with Gasteiger partial charge in [-0.25, -0.2) is 0 Å². The lowest BCUT2D eigenvalue weighted by atomic mass is 9.55. The molecule has 1 aliphatic rings. The lowest BCUT2D eigenvalue weighted by Gasteiger charge is -2.54. The van der Waals surface area contributed by atoms with Gasteiger partial charge in [-0.2, -0.15) is 0 Å². The molecule has 1 nitrogen and oxygen atoms in total. The van der Waals surface area contributed by atoms with Crippen LogP contribution < -0.4 is 5.73 Å². The first-order chi connectivity index (χ1) is 6.64. The molecule has 0 radical (unpaired) electrons. The van der Waals surface area contributed by atoms with Gasteiger partial charge in [-0.3, -0.25) is 0 Å². The van der Waals surface area contributed by atoms with Crippen molar-refractivity contribution in [2.24, 2.45) is 11.1 Å². The van der Waals surface area contributed by atoms with Crippen molar-refractivity contribution in [1.29, 1.82) is 0 Å². The van der Waals surface area contributed by atoms with Crippen LogP contribution in [0.1, 0.15) is 44.4 Å². The van der Waals surface area contributed by atoms with Crippen LogP contribution in [0.4, 0.5) is 0 Å². The van der Waals surface area contributed by atoms with Crippen molar-refractivity contribution >= 4 is 11.3 Å². The average molecular weight is 209 g/mol. The molecule has 1 aromatic rings. The highest BCUT2D eigenvalue weighted by atomic mass is 32.1. The van der Waals surface area contributed by atoms with E-state index in [1.54, 1.807) is 11.3 Å². The van der Waals surface area contributed by atoms with Gasteiger partial charge in [0.05, 0.1) is 5.54 Å². The molecule has 0 saturated heterocycles. The lowest BCUT2D eigenvalue weighted by Crippen LogP contribution is -2.54. The zero-order chi connectivity index (χ0) is 10.2. The van der Waals surface area contributed by atoms with Crippen LogP contribution >= 0.6 is 11.3 Å². The number of rotatable bonds is 3. The van der Waals surface area contributed by atoms with Crippen molar-refractivity contribution in [1.82, 2.24) is 0 Å². The minimum atomic E-state index is 0.000185. The van der Waals surface area contributed by atoms with E-state index in [4.69, 9.17) is 5.73 Å². The second-order valence-electron chi connectivity index (χ2n) is 4.69. The zero-order valence-corrected chi connectivity index (χ0v) is 9.86. The Kier molecular flexibility index (Phi) is 2.44. The van der Waals surface area contributed by atoms with Crippen molar-refractivity contribution in [3.8, 4) is 0 Å². The minimum absolute atomic E-state index is 0.000185. The summed E-state index contributed by atoms with van der Waals surface area (Å²) in [5, 5.41) is 2.13. The summed E-state index contributed by atoms with van der Waals surface area (Å²) in [6, 6.07) is 4.28. The SMILES string of the molecule is CCC1(CC)CC(N)(c2cccs2)C1. The van der Waals surface area contributed by atoms with Crippen molar-refractivity contribution in [3.05, 3.63) is 22.4 Å². The topological polar surface area (TPSA) is 26.0 Å². The van der Waals surface area contributed by atoms with Crippen molar-refractivity contribution in [3.63, 3.8) is 0 Å². The Morgan fingerprint density at radius 1 is 1.36 bits per heavy atom. The lowest BCUT2D eigenvalue weighted by molar-refractivity contribution is 0.0189. The van der Waals surface area contributed by atoms with Crippen molar-refractivity contribution in [2.45, 2.75) is 45.1 Å². The molecule has 0 bridgehead atoms. The molecule has 0 unspecified atom stereocenters. The smallest absolute Gasteiger partial charge is 0.0514 e. The molecule has 0 aromatic carbocycles. The summed E-state index contributed by atoms with van der Waals surface area (Å²) < 4.78 is 0. The molecule has 0 atom stereocenters. The Morgan fingerprint density at radius 3 is 2.43 bits per heavy atom. The van der Waals surface area contributed by atoms with E-state index in [1.165, 1.54) is 30.6 Å². The van der Waals surface area contributed by atoms with Crippen LogP contribution in [-0.4, -0.2) is 0 Å². The third-order valence-corrected chi connectivity index (χ3v) is 4.98. The largest absolute Gasteiger partial charge is 0.321 e. The molecule has 2 heteroatoms. The minimum Gasteiger partial charge on any atom is -0.321 e. The monoisotopic (exact) mass is 209 g/mol. The van der Waals surface area contributed by atoms with E-state index < -0.39 is 0 Å². The fraction of sp³-hybridized carbons (Fsp3) is 0.667. The molecule has 0 amide bonds. The molecule has 1 fully saturated rings. The van der Waals surface area contributed by atoms with Crippen LogP contribution in [0.25, 0.3) is 0 Å². The first kappa shape index (κ1) is 10.2. The van der Waals surface area contributed by atoms with Crippen molar-refractivity contribution in [2.75, 3.05) is 0 Å². The zero-order valence-electron chi connectivity index (χ0n) is 9.05. The second kappa shape index (κ2) is 3.35. The summed E-state index contributed by atoms with van der Waals surface area (Å²) >= 11 is 1.80. The van der Waals surface area contributed by atoms with E-state index in [-0.39, 0.29) is 5.54 Å². The van der Waals surface area contributed by atoms with Gasteiger partial charge in [0.15, 0.2) is 0 Å². The molecule has 1 aliphatic carbocycles. The Hall–Kier alpha value is -0.340. The van der Waals surface area contributed by atoms with Gasteiger partial charge < -0.3 is 5.73 Å². The first-order valence-electron chi connectivity index (χ1n) is 5.47. The summed E-state index contributed by atoms with van der Waals surface area (Å²) in [5.74, 6) is 0. The molecular weight excluding hydrogens is 190 g/mol. The maximum Gasteiger partial charge on any atom is 0.0514 e. The van der Waals surface area contributed by atoms with Gasteiger partial charge in [0.25, 0.3) is 0 Å². The maximum absolute atomic E-state index is 6.41. The van der Waals surface area contributed by atoms with E-state index >= 15 is 0 Å². The third-order valence-electron chi connectivity index (χ3n) is 3.89. The van der Waals surface area contributed by atoms with Gasteiger partial charge >= 0.3 is 0 Å². The quantitative estimate of drug-likeness (QED) is 0.810. The number of hydrogen-bond acceptors (Lipinski definition) is 2. The molecule has 2 rings (SSSR count). The Labute approximate surface area is 90.3 Å². The Bertz CT molecular complexity index is 290. The van der Waals surface area contributed by atoms with Crippen LogP contribution in [0.2, 0.25) is 0 Å². The van der Waals surface area contributed by atoms with E-state index in [2.05, 4.69) is 31.4 Å².